The summed E-state index contributed by atoms with van der Waals surface area (Å²) in [5, 5.41) is 4.75. The zero-order valence-electron chi connectivity index (χ0n) is 10.4. The van der Waals surface area contributed by atoms with E-state index in [1.54, 1.807) is 35.9 Å². The Morgan fingerprint density at radius 2 is 2.15 bits per heavy atom. The lowest BCUT2D eigenvalue weighted by atomic mass is 10.2. The van der Waals surface area contributed by atoms with Crippen LogP contribution in [0.15, 0.2) is 52.7 Å². The van der Waals surface area contributed by atoms with Gasteiger partial charge in [0.2, 0.25) is 0 Å². The number of rotatable bonds is 4. The first-order chi connectivity index (χ1) is 9.84. The standard InChI is InChI=1S/C14H11N3O2S/c18-14(11-3-1-7-19-11)17-9-10-13(16-6-5-15-10)12-4-2-8-20-12/h1-8H,9H2,(H,17,18). The summed E-state index contributed by atoms with van der Waals surface area (Å²) in [5.41, 5.74) is 1.53. The number of carbonyl (C=O) groups is 1. The van der Waals surface area contributed by atoms with E-state index in [1.165, 1.54) is 6.26 Å². The lowest BCUT2D eigenvalue weighted by Crippen LogP contribution is -2.23. The van der Waals surface area contributed by atoms with Crippen LogP contribution in [0.4, 0.5) is 0 Å². The van der Waals surface area contributed by atoms with Crippen molar-refractivity contribution < 1.29 is 9.21 Å². The molecule has 0 aliphatic heterocycles. The third kappa shape index (κ3) is 2.60. The van der Waals surface area contributed by atoms with Gasteiger partial charge in [0.1, 0.15) is 5.69 Å². The van der Waals surface area contributed by atoms with E-state index in [2.05, 4.69) is 15.3 Å². The molecule has 1 N–H and O–H groups in total. The van der Waals surface area contributed by atoms with Crippen LogP contribution < -0.4 is 5.32 Å². The molecular weight excluding hydrogens is 274 g/mol. The highest BCUT2D eigenvalue weighted by Gasteiger charge is 2.12. The molecule has 20 heavy (non-hydrogen) atoms. The van der Waals surface area contributed by atoms with Crippen molar-refractivity contribution in [1.29, 1.82) is 0 Å². The van der Waals surface area contributed by atoms with Gasteiger partial charge in [-0.05, 0) is 23.6 Å². The van der Waals surface area contributed by atoms with E-state index in [9.17, 15) is 4.79 Å². The van der Waals surface area contributed by atoms with E-state index in [0.717, 1.165) is 16.3 Å². The van der Waals surface area contributed by atoms with Crippen molar-refractivity contribution in [3.63, 3.8) is 0 Å². The van der Waals surface area contributed by atoms with Gasteiger partial charge in [-0.15, -0.1) is 11.3 Å². The van der Waals surface area contributed by atoms with E-state index in [-0.39, 0.29) is 11.7 Å². The molecule has 0 radical (unpaired) electrons. The SMILES string of the molecule is O=C(NCc1nccnc1-c1cccs1)c1ccco1. The van der Waals surface area contributed by atoms with Crippen LogP contribution in [0.2, 0.25) is 0 Å². The van der Waals surface area contributed by atoms with Crippen LogP contribution in [0.1, 0.15) is 16.2 Å². The number of thiophene rings is 1. The Balaban J connectivity index is 1.77. The Kier molecular flexibility index (Phi) is 3.56. The molecule has 0 atom stereocenters. The zero-order chi connectivity index (χ0) is 13.8. The summed E-state index contributed by atoms with van der Waals surface area (Å²) in [4.78, 5) is 21.5. The average Bonchev–Trinajstić information content (AvgIpc) is 3.17. The largest absolute Gasteiger partial charge is 0.459 e. The second-order valence-corrected chi connectivity index (χ2v) is 4.94. The van der Waals surface area contributed by atoms with Gasteiger partial charge < -0.3 is 9.73 Å². The Bertz CT molecular complexity index is 693. The zero-order valence-corrected chi connectivity index (χ0v) is 11.3. The molecular formula is C14H11N3O2S. The van der Waals surface area contributed by atoms with Crippen molar-refractivity contribution in [2.45, 2.75) is 6.54 Å². The van der Waals surface area contributed by atoms with Crippen LogP contribution in [0, 0.1) is 0 Å². The quantitative estimate of drug-likeness (QED) is 0.800. The van der Waals surface area contributed by atoms with Crippen molar-refractivity contribution in [2.24, 2.45) is 0 Å². The van der Waals surface area contributed by atoms with Gasteiger partial charge in [0.15, 0.2) is 5.76 Å². The summed E-state index contributed by atoms with van der Waals surface area (Å²) in [5.74, 6) is 0.0179. The van der Waals surface area contributed by atoms with Gasteiger partial charge in [0.25, 0.3) is 5.91 Å². The molecule has 5 nitrogen and oxygen atoms in total. The molecule has 0 aliphatic carbocycles. The summed E-state index contributed by atoms with van der Waals surface area (Å²) in [7, 11) is 0. The van der Waals surface area contributed by atoms with E-state index in [0.29, 0.717) is 6.54 Å². The number of nitrogens with one attached hydrogen (secondary N) is 1. The van der Waals surface area contributed by atoms with Gasteiger partial charge in [-0.3, -0.25) is 14.8 Å². The molecule has 0 spiro atoms. The normalized spacial score (nSPS) is 10.4. The van der Waals surface area contributed by atoms with Gasteiger partial charge in [-0.2, -0.15) is 0 Å². The fourth-order valence-corrected chi connectivity index (χ4v) is 2.52. The highest BCUT2D eigenvalue weighted by molar-refractivity contribution is 7.13. The number of hydrogen-bond donors (Lipinski definition) is 1. The molecule has 3 rings (SSSR count). The molecule has 3 heterocycles. The van der Waals surface area contributed by atoms with Crippen LogP contribution in [0.25, 0.3) is 10.6 Å². The maximum absolute atomic E-state index is 11.8. The Morgan fingerprint density at radius 3 is 2.90 bits per heavy atom. The highest BCUT2D eigenvalue weighted by atomic mass is 32.1. The lowest BCUT2D eigenvalue weighted by molar-refractivity contribution is 0.0922. The number of amides is 1. The average molecular weight is 285 g/mol. The molecule has 0 fully saturated rings. The minimum atomic E-state index is -0.266. The molecule has 0 bridgehead atoms. The summed E-state index contributed by atoms with van der Waals surface area (Å²) >= 11 is 1.59. The topological polar surface area (TPSA) is 68.0 Å². The van der Waals surface area contributed by atoms with E-state index >= 15 is 0 Å². The summed E-state index contributed by atoms with van der Waals surface area (Å²) in [6.45, 7) is 0.306. The number of aromatic nitrogens is 2. The molecule has 3 aromatic rings. The van der Waals surface area contributed by atoms with Gasteiger partial charge in [0, 0.05) is 12.4 Å². The van der Waals surface area contributed by atoms with Crippen molar-refractivity contribution >= 4 is 17.2 Å². The molecule has 0 aliphatic rings. The minimum absolute atomic E-state index is 0.266. The fourth-order valence-electron chi connectivity index (χ4n) is 1.77. The summed E-state index contributed by atoms with van der Waals surface area (Å²) < 4.78 is 5.04. The predicted octanol–water partition coefficient (Wildman–Crippen LogP) is 2.73. The Hall–Kier alpha value is -2.47. The Morgan fingerprint density at radius 1 is 1.25 bits per heavy atom. The second-order valence-electron chi connectivity index (χ2n) is 3.99. The smallest absolute Gasteiger partial charge is 0.287 e. The van der Waals surface area contributed by atoms with E-state index < -0.39 is 0 Å². The van der Waals surface area contributed by atoms with Crippen LogP contribution in [0.3, 0.4) is 0 Å². The first-order valence-corrected chi connectivity index (χ1v) is 6.88. The molecule has 100 valence electrons. The molecule has 1 amide bonds. The molecule has 0 saturated carbocycles. The first-order valence-electron chi connectivity index (χ1n) is 6.00. The minimum Gasteiger partial charge on any atom is -0.459 e. The van der Waals surface area contributed by atoms with Crippen LogP contribution in [-0.2, 0) is 6.54 Å². The van der Waals surface area contributed by atoms with Crippen molar-refractivity contribution in [2.75, 3.05) is 0 Å². The van der Waals surface area contributed by atoms with Crippen molar-refractivity contribution in [1.82, 2.24) is 15.3 Å². The number of furan rings is 1. The van der Waals surface area contributed by atoms with E-state index in [4.69, 9.17) is 4.42 Å². The van der Waals surface area contributed by atoms with Gasteiger partial charge in [0.05, 0.1) is 23.4 Å². The molecule has 0 unspecified atom stereocenters. The third-order valence-corrected chi connectivity index (χ3v) is 3.57. The molecule has 0 saturated heterocycles. The lowest BCUT2D eigenvalue weighted by Gasteiger charge is -2.06. The number of carbonyl (C=O) groups excluding carboxylic acids is 1. The number of nitrogens with zero attached hydrogens (tertiary/aromatic N) is 2. The first kappa shape index (κ1) is 12.6. The highest BCUT2D eigenvalue weighted by Crippen LogP contribution is 2.24. The monoisotopic (exact) mass is 285 g/mol. The number of hydrogen-bond acceptors (Lipinski definition) is 5. The summed E-state index contributed by atoms with van der Waals surface area (Å²) in [6.07, 6.45) is 4.73. The Labute approximate surface area is 119 Å². The van der Waals surface area contributed by atoms with Crippen LogP contribution >= 0.6 is 11.3 Å². The maximum atomic E-state index is 11.8. The fraction of sp³-hybridized carbons (Fsp3) is 0.0714. The van der Waals surface area contributed by atoms with Gasteiger partial charge in [-0.1, -0.05) is 6.07 Å². The van der Waals surface area contributed by atoms with Crippen LogP contribution in [0.5, 0.6) is 0 Å². The van der Waals surface area contributed by atoms with Crippen LogP contribution in [-0.4, -0.2) is 15.9 Å². The maximum Gasteiger partial charge on any atom is 0.287 e. The second kappa shape index (κ2) is 5.66. The van der Waals surface area contributed by atoms with E-state index in [1.807, 2.05) is 17.5 Å². The van der Waals surface area contributed by atoms with Gasteiger partial charge >= 0.3 is 0 Å². The predicted molar refractivity (Wildman–Crippen MR) is 75.2 cm³/mol. The molecule has 0 aromatic carbocycles. The third-order valence-electron chi connectivity index (χ3n) is 2.69. The van der Waals surface area contributed by atoms with Crippen molar-refractivity contribution in [3.8, 4) is 10.6 Å². The summed E-state index contributed by atoms with van der Waals surface area (Å²) in [6, 6.07) is 7.23. The molecule has 6 heteroatoms. The van der Waals surface area contributed by atoms with Crippen molar-refractivity contribution in [3.05, 3.63) is 59.8 Å². The molecule has 3 aromatic heterocycles. The van der Waals surface area contributed by atoms with Gasteiger partial charge in [-0.25, -0.2) is 0 Å².